The second-order valence-corrected chi connectivity index (χ2v) is 5.70. The molecule has 0 fully saturated rings. The van der Waals surface area contributed by atoms with Crippen LogP contribution in [0.4, 0.5) is 5.69 Å². The van der Waals surface area contributed by atoms with E-state index in [2.05, 4.69) is 17.6 Å². The van der Waals surface area contributed by atoms with Gasteiger partial charge in [-0.25, -0.2) is 0 Å². The van der Waals surface area contributed by atoms with Crippen LogP contribution in [0, 0.1) is 6.92 Å². The molecule has 4 heteroatoms. The highest BCUT2D eigenvalue weighted by atomic mass is 16.2. The third-order valence-electron chi connectivity index (χ3n) is 3.55. The third kappa shape index (κ3) is 7.81. The van der Waals surface area contributed by atoms with Crippen molar-refractivity contribution in [3.05, 3.63) is 29.8 Å². The van der Waals surface area contributed by atoms with Gasteiger partial charge in [-0.15, -0.1) is 0 Å². The first-order chi connectivity index (χ1) is 10.6. The van der Waals surface area contributed by atoms with Gasteiger partial charge in [0.05, 0.1) is 0 Å². The van der Waals surface area contributed by atoms with Gasteiger partial charge in [0.1, 0.15) is 0 Å². The Kier molecular flexibility index (Phi) is 8.96. The molecule has 0 saturated heterocycles. The minimum atomic E-state index is -0.603. The van der Waals surface area contributed by atoms with E-state index >= 15 is 0 Å². The van der Waals surface area contributed by atoms with Crippen LogP contribution in [0.15, 0.2) is 24.3 Å². The summed E-state index contributed by atoms with van der Waals surface area (Å²) in [4.78, 5) is 23.4. The van der Waals surface area contributed by atoms with E-state index < -0.39 is 11.8 Å². The van der Waals surface area contributed by atoms with Crippen molar-refractivity contribution in [3.63, 3.8) is 0 Å². The molecule has 1 aromatic carbocycles. The maximum Gasteiger partial charge on any atom is 0.313 e. The molecule has 4 nitrogen and oxygen atoms in total. The van der Waals surface area contributed by atoms with E-state index in [4.69, 9.17) is 0 Å². The molecule has 22 heavy (non-hydrogen) atoms. The Morgan fingerprint density at radius 1 is 0.955 bits per heavy atom. The maximum absolute atomic E-state index is 11.7. The largest absolute Gasteiger partial charge is 0.348 e. The normalized spacial score (nSPS) is 10.3. The van der Waals surface area contributed by atoms with E-state index in [0.29, 0.717) is 12.2 Å². The highest BCUT2D eigenvalue weighted by molar-refractivity contribution is 6.39. The molecular weight excluding hydrogens is 276 g/mol. The quantitative estimate of drug-likeness (QED) is 0.538. The third-order valence-corrected chi connectivity index (χ3v) is 3.55. The highest BCUT2D eigenvalue weighted by Gasteiger charge is 2.12. The lowest BCUT2D eigenvalue weighted by atomic mass is 10.1. The first-order valence-electron chi connectivity index (χ1n) is 8.29. The van der Waals surface area contributed by atoms with E-state index in [0.717, 1.165) is 18.4 Å². The number of carbonyl (C=O) groups excluding carboxylic acids is 2. The van der Waals surface area contributed by atoms with Gasteiger partial charge in [0.25, 0.3) is 0 Å². The molecular formula is C18H28N2O2. The Bertz CT molecular complexity index is 472. The van der Waals surface area contributed by atoms with Crippen molar-refractivity contribution < 1.29 is 9.59 Å². The smallest absolute Gasteiger partial charge is 0.313 e. The van der Waals surface area contributed by atoms with Crippen molar-refractivity contribution >= 4 is 17.5 Å². The molecule has 1 aromatic rings. The topological polar surface area (TPSA) is 58.2 Å². The zero-order valence-corrected chi connectivity index (χ0v) is 13.8. The fourth-order valence-electron chi connectivity index (χ4n) is 2.27. The summed E-state index contributed by atoms with van der Waals surface area (Å²) < 4.78 is 0. The summed E-state index contributed by atoms with van der Waals surface area (Å²) >= 11 is 0. The number of amides is 2. The van der Waals surface area contributed by atoms with Gasteiger partial charge in [0.15, 0.2) is 0 Å². The van der Waals surface area contributed by atoms with Crippen LogP contribution < -0.4 is 10.6 Å². The van der Waals surface area contributed by atoms with Gasteiger partial charge in [0, 0.05) is 12.2 Å². The first-order valence-corrected chi connectivity index (χ1v) is 8.29. The summed E-state index contributed by atoms with van der Waals surface area (Å²) in [6, 6.07) is 7.40. The number of hydrogen-bond donors (Lipinski definition) is 2. The van der Waals surface area contributed by atoms with Crippen molar-refractivity contribution in [3.8, 4) is 0 Å². The monoisotopic (exact) mass is 304 g/mol. The van der Waals surface area contributed by atoms with Crippen LogP contribution in [-0.4, -0.2) is 18.4 Å². The standard InChI is InChI=1S/C18H28N2O2/c1-3-4-5-6-7-8-9-13-19-17(21)18(22)20-16-12-10-11-15(2)14-16/h10-12,14H,3-9,13H2,1-2H3,(H,19,21)(H,20,22). The first kappa shape index (κ1) is 18.2. The van der Waals surface area contributed by atoms with Crippen molar-refractivity contribution in [2.24, 2.45) is 0 Å². The summed E-state index contributed by atoms with van der Waals surface area (Å²) in [6.45, 7) is 4.71. The molecule has 0 aliphatic heterocycles. The SMILES string of the molecule is CCCCCCCCCNC(=O)C(=O)Nc1cccc(C)c1. The molecule has 0 bridgehead atoms. The Labute approximate surface area is 133 Å². The summed E-state index contributed by atoms with van der Waals surface area (Å²) in [6.07, 6.45) is 8.34. The van der Waals surface area contributed by atoms with E-state index in [1.165, 1.54) is 32.1 Å². The molecule has 2 N–H and O–H groups in total. The van der Waals surface area contributed by atoms with Crippen LogP contribution in [-0.2, 0) is 9.59 Å². The average Bonchev–Trinajstić information content (AvgIpc) is 2.49. The molecule has 0 aromatic heterocycles. The molecule has 0 aliphatic carbocycles. The van der Waals surface area contributed by atoms with Crippen LogP contribution in [0.2, 0.25) is 0 Å². The number of carbonyl (C=O) groups is 2. The summed E-state index contributed by atoms with van der Waals surface area (Å²) in [5.41, 5.74) is 1.69. The minimum Gasteiger partial charge on any atom is -0.348 e. The molecule has 1 rings (SSSR count). The molecule has 0 unspecified atom stereocenters. The average molecular weight is 304 g/mol. The second-order valence-electron chi connectivity index (χ2n) is 5.70. The molecule has 0 atom stereocenters. The number of hydrogen-bond acceptors (Lipinski definition) is 2. The molecule has 2 amide bonds. The summed E-state index contributed by atoms with van der Waals surface area (Å²) in [5, 5.41) is 5.28. The van der Waals surface area contributed by atoms with Gasteiger partial charge >= 0.3 is 11.8 Å². The highest BCUT2D eigenvalue weighted by Crippen LogP contribution is 2.09. The fraction of sp³-hybridized carbons (Fsp3) is 0.556. The van der Waals surface area contributed by atoms with Gasteiger partial charge in [-0.3, -0.25) is 9.59 Å². The molecule has 122 valence electrons. The van der Waals surface area contributed by atoms with Crippen LogP contribution in [0.5, 0.6) is 0 Å². The lowest BCUT2D eigenvalue weighted by Gasteiger charge is -2.07. The maximum atomic E-state index is 11.7. The Balaban J connectivity index is 2.13. The second kappa shape index (κ2) is 10.8. The predicted octanol–water partition coefficient (Wildman–Crippen LogP) is 3.80. The zero-order chi connectivity index (χ0) is 16.2. The lowest BCUT2D eigenvalue weighted by molar-refractivity contribution is -0.136. The Morgan fingerprint density at radius 2 is 1.64 bits per heavy atom. The van der Waals surface area contributed by atoms with Crippen molar-refractivity contribution in [2.45, 2.75) is 58.8 Å². The van der Waals surface area contributed by atoms with E-state index in [9.17, 15) is 9.59 Å². The molecule has 0 radical (unpaired) electrons. The van der Waals surface area contributed by atoms with Crippen LogP contribution in [0.3, 0.4) is 0 Å². The Morgan fingerprint density at radius 3 is 2.32 bits per heavy atom. The van der Waals surface area contributed by atoms with Crippen molar-refractivity contribution in [2.75, 3.05) is 11.9 Å². The van der Waals surface area contributed by atoms with Crippen LogP contribution in [0.1, 0.15) is 57.4 Å². The number of unbranched alkanes of at least 4 members (excludes halogenated alkanes) is 6. The molecule has 0 saturated carbocycles. The number of nitrogens with one attached hydrogen (secondary N) is 2. The summed E-state index contributed by atoms with van der Waals surface area (Å²) in [5.74, 6) is -1.17. The molecule has 0 aliphatic rings. The Hall–Kier alpha value is -1.84. The van der Waals surface area contributed by atoms with Gasteiger partial charge in [-0.1, -0.05) is 57.6 Å². The number of rotatable bonds is 9. The van der Waals surface area contributed by atoms with Gasteiger partial charge in [0.2, 0.25) is 0 Å². The molecule has 0 spiro atoms. The van der Waals surface area contributed by atoms with E-state index in [1.54, 1.807) is 6.07 Å². The summed E-state index contributed by atoms with van der Waals surface area (Å²) in [7, 11) is 0. The number of benzene rings is 1. The van der Waals surface area contributed by atoms with Crippen molar-refractivity contribution in [1.82, 2.24) is 5.32 Å². The van der Waals surface area contributed by atoms with Crippen LogP contribution in [0.25, 0.3) is 0 Å². The van der Waals surface area contributed by atoms with Crippen LogP contribution >= 0.6 is 0 Å². The molecule has 0 heterocycles. The van der Waals surface area contributed by atoms with E-state index in [-0.39, 0.29) is 0 Å². The minimum absolute atomic E-state index is 0.563. The fourth-order valence-corrected chi connectivity index (χ4v) is 2.27. The predicted molar refractivity (Wildman–Crippen MR) is 90.8 cm³/mol. The van der Waals surface area contributed by atoms with Crippen molar-refractivity contribution in [1.29, 1.82) is 0 Å². The van der Waals surface area contributed by atoms with Gasteiger partial charge in [-0.2, -0.15) is 0 Å². The number of anilines is 1. The van der Waals surface area contributed by atoms with Gasteiger partial charge in [-0.05, 0) is 31.0 Å². The number of aryl methyl sites for hydroxylation is 1. The van der Waals surface area contributed by atoms with Gasteiger partial charge < -0.3 is 10.6 Å². The van der Waals surface area contributed by atoms with E-state index in [1.807, 2.05) is 25.1 Å². The lowest BCUT2D eigenvalue weighted by Crippen LogP contribution is -2.35. The zero-order valence-electron chi connectivity index (χ0n) is 13.8.